The molecule has 31 heavy (non-hydrogen) atoms. The van der Waals surface area contributed by atoms with E-state index in [0.717, 1.165) is 0 Å². The minimum absolute atomic E-state index is 0.0301. The molecule has 2 atom stereocenters. The van der Waals surface area contributed by atoms with E-state index in [4.69, 9.17) is 20.3 Å². The van der Waals surface area contributed by atoms with Gasteiger partial charge in [-0.2, -0.15) is 0 Å². The predicted molar refractivity (Wildman–Crippen MR) is 109 cm³/mol. The molecule has 1 fully saturated rings. The number of amides is 2. The summed E-state index contributed by atoms with van der Waals surface area (Å²) in [5, 5.41) is 16.8. The number of piperazine rings is 1. The lowest BCUT2D eigenvalue weighted by Crippen LogP contribution is -2.62. The van der Waals surface area contributed by atoms with E-state index in [-0.39, 0.29) is 18.1 Å². The first kappa shape index (κ1) is 21.9. The SMILES string of the molecule is CCCN1C(=O)C(=O)N(C(CC(=O)O)c2ccco2)CC1Oc1ccc(C(=N)N)cc1. The number of carboxylic acids is 1. The Kier molecular flexibility index (Phi) is 6.58. The van der Waals surface area contributed by atoms with Crippen LogP contribution in [0.25, 0.3) is 0 Å². The molecule has 0 aliphatic carbocycles. The largest absolute Gasteiger partial charge is 0.481 e. The third-order valence-electron chi connectivity index (χ3n) is 4.92. The molecule has 1 aromatic carbocycles. The summed E-state index contributed by atoms with van der Waals surface area (Å²) in [7, 11) is 0. The van der Waals surface area contributed by atoms with Gasteiger partial charge in [0.25, 0.3) is 0 Å². The molecule has 2 unspecified atom stereocenters. The average molecular weight is 428 g/mol. The molecule has 2 heterocycles. The second-order valence-corrected chi connectivity index (χ2v) is 7.10. The number of carbonyl (C=O) groups excluding carboxylic acids is 2. The van der Waals surface area contributed by atoms with Gasteiger partial charge in [-0.3, -0.25) is 24.7 Å². The summed E-state index contributed by atoms with van der Waals surface area (Å²) in [4.78, 5) is 39.7. The number of amidine groups is 1. The van der Waals surface area contributed by atoms with E-state index in [2.05, 4.69) is 0 Å². The zero-order chi connectivity index (χ0) is 22.5. The van der Waals surface area contributed by atoms with E-state index in [1.54, 1.807) is 36.4 Å². The second kappa shape index (κ2) is 9.33. The van der Waals surface area contributed by atoms with Crippen molar-refractivity contribution in [1.29, 1.82) is 5.41 Å². The zero-order valence-corrected chi connectivity index (χ0v) is 17.0. The van der Waals surface area contributed by atoms with E-state index < -0.39 is 36.5 Å². The zero-order valence-electron chi connectivity index (χ0n) is 17.0. The van der Waals surface area contributed by atoms with Crippen molar-refractivity contribution in [3.8, 4) is 5.75 Å². The summed E-state index contributed by atoms with van der Waals surface area (Å²) < 4.78 is 11.3. The van der Waals surface area contributed by atoms with Crippen LogP contribution < -0.4 is 10.5 Å². The maximum Gasteiger partial charge on any atom is 0.315 e. The van der Waals surface area contributed by atoms with Crippen LogP contribution in [0.15, 0.2) is 47.1 Å². The third-order valence-corrected chi connectivity index (χ3v) is 4.92. The summed E-state index contributed by atoms with van der Waals surface area (Å²) >= 11 is 0. The second-order valence-electron chi connectivity index (χ2n) is 7.10. The van der Waals surface area contributed by atoms with Gasteiger partial charge in [-0.1, -0.05) is 6.92 Å². The van der Waals surface area contributed by atoms with E-state index >= 15 is 0 Å². The van der Waals surface area contributed by atoms with Crippen molar-refractivity contribution in [3.63, 3.8) is 0 Å². The molecule has 1 aliphatic rings. The van der Waals surface area contributed by atoms with E-state index in [1.807, 2.05) is 6.92 Å². The Hall–Kier alpha value is -3.82. The number of rotatable bonds is 9. The molecule has 1 saturated heterocycles. The van der Waals surface area contributed by atoms with Crippen LogP contribution in [0.4, 0.5) is 0 Å². The third kappa shape index (κ3) is 4.85. The summed E-state index contributed by atoms with van der Waals surface area (Å²) in [5.74, 6) is -2.08. The highest BCUT2D eigenvalue weighted by Gasteiger charge is 2.44. The minimum atomic E-state index is -1.13. The Morgan fingerprint density at radius 1 is 1.29 bits per heavy atom. The molecule has 3 rings (SSSR count). The van der Waals surface area contributed by atoms with Crippen LogP contribution in [0, 0.1) is 5.41 Å². The van der Waals surface area contributed by atoms with Gasteiger partial charge in [0.2, 0.25) is 0 Å². The van der Waals surface area contributed by atoms with Gasteiger partial charge in [0.05, 0.1) is 19.2 Å². The van der Waals surface area contributed by atoms with E-state index in [9.17, 15) is 19.5 Å². The Labute approximate surface area is 178 Å². The van der Waals surface area contributed by atoms with Gasteiger partial charge in [0.1, 0.15) is 23.4 Å². The number of ether oxygens (including phenoxy) is 1. The van der Waals surface area contributed by atoms with Gasteiger partial charge in [-0.25, -0.2) is 0 Å². The number of hydrogen-bond acceptors (Lipinski definition) is 6. The molecule has 2 amide bonds. The van der Waals surface area contributed by atoms with Crippen LogP contribution in [0.5, 0.6) is 5.75 Å². The fourth-order valence-corrected chi connectivity index (χ4v) is 3.46. The molecule has 10 nitrogen and oxygen atoms in total. The number of nitrogens with zero attached hydrogens (tertiary/aromatic N) is 2. The number of nitrogens with one attached hydrogen (secondary N) is 1. The van der Waals surface area contributed by atoms with Gasteiger partial charge in [-0.15, -0.1) is 0 Å². The molecule has 164 valence electrons. The number of carbonyl (C=O) groups is 3. The summed E-state index contributed by atoms with van der Waals surface area (Å²) in [6.45, 7) is 2.15. The number of carboxylic acid groups (broad SMARTS) is 1. The van der Waals surface area contributed by atoms with Crippen LogP contribution in [-0.4, -0.2) is 57.8 Å². The van der Waals surface area contributed by atoms with Crippen LogP contribution in [-0.2, 0) is 14.4 Å². The summed E-state index contributed by atoms with van der Waals surface area (Å²) in [5.41, 5.74) is 5.99. The molecule has 0 radical (unpaired) electrons. The first-order valence-corrected chi connectivity index (χ1v) is 9.79. The van der Waals surface area contributed by atoms with Crippen molar-refractivity contribution < 1.29 is 28.6 Å². The van der Waals surface area contributed by atoms with Gasteiger partial charge in [0.15, 0.2) is 6.23 Å². The number of aliphatic carboxylic acids is 1. The minimum Gasteiger partial charge on any atom is -0.481 e. The first-order chi connectivity index (χ1) is 14.8. The topological polar surface area (TPSA) is 150 Å². The van der Waals surface area contributed by atoms with E-state index in [0.29, 0.717) is 24.3 Å². The average Bonchev–Trinajstić information content (AvgIpc) is 3.26. The standard InChI is InChI=1S/C21H24N4O6/c1-2-9-24-17(31-14-7-5-13(6-8-14)19(22)23)12-25(21(29)20(24)28)15(11-18(26)27)16-4-3-10-30-16/h3-8,10,15,17H,2,9,11-12H2,1H3,(H3,22,23)(H,26,27). The quantitative estimate of drug-likeness (QED) is 0.312. The molecule has 10 heteroatoms. The molecule has 0 bridgehead atoms. The van der Waals surface area contributed by atoms with Gasteiger partial charge in [0, 0.05) is 12.1 Å². The number of nitrogens with two attached hydrogens (primary N) is 1. The molecule has 0 saturated carbocycles. The smallest absolute Gasteiger partial charge is 0.315 e. The fraction of sp³-hybridized carbons (Fsp3) is 0.333. The lowest BCUT2D eigenvalue weighted by Gasteiger charge is -2.42. The van der Waals surface area contributed by atoms with Crippen LogP contribution >= 0.6 is 0 Å². The lowest BCUT2D eigenvalue weighted by atomic mass is 10.1. The van der Waals surface area contributed by atoms with Crippen molar-refractivity contribution in [2.24, 2.45) is 5.73 Å². The lowest BCUT2D eigenvalue weighted by molar-refractivity contribution is -0.170. The van der Waals surface area contributed by atoms with Crippen LogP contribution in [0.2, 0.25) is 0 Å². The van der Waals surface area contributed by atoms with E-state index in [1.165, 1.54) is 16.1 Å². The Morgan fingerprint density at radius 2 is 2.00 bits per heavy atom. The predicted octanol–water partition coefficient (Wildman–Crippen LogP) is 1.57. The Balaban J connectivity index is 1.90. The number of nitrogen functional groups attached to an aromatic ring is 1. The van der Waals surface area contributed by atoms with Crippen molar-refractivity contribution in [1.82, 2.24) is 9.80 Å². The van der Waals surface area contributed by atoms with Crippen LogP contribution in [0.3, 0.4) is 0 Å². The Bertz CT molecular complexity index is 957. The summed E-state index contributed by atoms with van der Waals surface area (Å²) in [6, 6.07) is 8.69. The van der Waals surface area contributed by atoms with Crippen molar-refractivity contribution >= 4 is 23.6 Å². The first-order valence-electron chi connectivity index (χ1n) is 9.79. The molecule has 1 aliphatic heterocycles. The van der Waals surface area contributed by atoms with Crippen molar-refractivity contribution in [2.75, 3.05) is 13.1 Å². The maximum atomic E-state index is 12.9. The molecular weight excluding hydrogens is 404 g/mol. The number of hydrogen-bond donors (Lipinski definition) is 3. The van der Waals surface area contributed by atoms with Crippen LogP contribution in [0.1, 0.15) is 37.1 Å². The van der Waals surface area contributed by atoms with Gasteiger partial charge in [-0.05, 0) is 42.8 Å². The molecular formula is C21H24N4O6. The number of benzene rings is 1. The van der Waals surface area contributed by atoms with Gasteiger partial charge < -0.3 is 24.9 Å². The van der Waals surface area contributed by atoms with Crippen molar-refractivity contribution in [3.05, 3.63) is 54.0 Å². The normalized spacial score (nSPS) is 17.5. The maximum absolute atomic E-state index is 12.9. The van der Waals surface area contributed by atoms with Gasteiger partial charge >= 0.3 is 17.8 Å². The molecule has 1 aromatic heterocycles. The highest BCUT2D eigenvalue weighted by molar-refractivity contribution is 6.35. The number of furan rings is 1. The fourth-order valence-electron chi connectivity index (χ4n) is 3.46. The molecule has 0 spiro atoms. The highest BCUT2D eigenvalue weighted by Crippen LogP contribution is 2.30. The monoisotopic (exact) mass is 428 g/mol. The molecule has 2 aromatic rings. The highest BCUT2D eigenvalue weighted by atomic mass is 16.5. The summed E-state index contributed by atoms with van der Waals surface area (Å²) in [6.07, 6.45) is 0.757. The Morgan fingerprint density at radius 3 is 2.55 bits per heavy atom. The molecule has 4 N–H and O–H groups in total. The van der Waals surface area contributed by atoms with Crippen molar-refractivity contribution in [2.45, 2.75) is 32.0 Å².